The summed E-state index contributed by atoms with van der Waals surface area (Å²) < 4.78 is 20.3. The Bertz CT molecular complexity index is 173. The van der Waals surface area contributed by atoms with Gasteiger partial charge in [0.25, 0.3) is 0 Å². The molecule has 2 atom stereocenters. The first-order valence-electron chi connectivity index (χ1n) is 3.71. The normalized spacial score (nSPS) is 18.3. The van der Waals surface area contributed by atoms with Crippen LogP contribution in [-0.2, 0) is 28.6 Å². The second kappa shape index (κ2) is 8.32. The van der Waals surface area contributed by atoms with Gasteiger partial charge >= 0.3 is 0 Å². The average molecular weight is 282 g/mol. The Morgan fingerprint density at radius 3 is 1.00 bits per heavy atom. The summed E-state index contributed by atoms with van der Waals surface area (Å²) in [5.74, 6) is 0. The molecule has 0 aromatic carbocycles. The van der Waals surface area contributed by atoms with Crippen molar-refractivity contribution in [2.75, 3.05) is 25.7 Å². The van der Waals surface area contributed by atoms with E-state index in [2.05, 4.69) is 0 Å². The molecule has 0 aliphatic heterocycles. The monoisotopic (exact) mass is 280 g/mol. The van der Waals surface area contributed by atoms with Gasteiger partial charge in [-0.2, -0.15) is 0 Å². The zero-order valence-electron chi connectivity index (χ0n) is 8.73. The molecule has 0 fully saturated rings. The average Bonchev–Trinajstić information content (AvgIpc) is 1.86. The molecule has 0 saturated heterocycles. The molecule has 4 nitrogen and oxygen atoms in total. The van der Waals surface area contributed by atoms with E-state index >= 15 is 0 Å². The molecule has 7 heteroatoms. The minimum Gasteiger partial charge on any atom is -0.344 e. The van der Waals surface area contributed by atoms with E-state index in [1.807, 2.05) is 0 Å². The summed E-state index contributed by atoms with van der Waals surface area (Å²) in [6.07, 6.45) is 0.764. The Kier molecular flexibility index (Phi) is 12.5. The third-order valence-electron chi connectivity index (χ3n) is 1.17. The largest absolute Gasteiger partial charge is 0.344 e. The molecular formula is C6H18O4P2Zn. The fourth-order valence-electron chi connectivity index (χ4n) is 0. The zero-order valence-corrected chi connectivity index (χ0v) is 13.5. The number of rotatable bonds is 2. The van der Waals surface area contributed by atoms with E-state index in [9.17, 15) is 9.13 Å². The van der Waals surface area contributed by atoms with Crippen LogP contribution in [-0.4, -0.2) is 35.4 Å². The van der Waals surface area contributed by atoms with Crippen molar-refractivity contribution in [3.05, 3.63) is 0 Å². The quantitative estimate of drug-likeness (QED) is 0.598. The Labute approximate surface area is 92.8 Å². The van der Waals surface area contributed by atoms with Crippen molar-refractivity contribution < 1.29 is 38.4 Å². The van der Waals surface area contributed by atoms with E-state index in [1.165, 1.54) is 13.3 Å². The van der Waals surface area contributed by atoms with Gasteiger partial charge in [0.2, 0.25) is 0 Å². The van der Waals surface area contributed by atoms with Crippen LogP contribution < -0.4 is 0 Å². The van der Waals surface area contributed by atoms with Gasteiger partial charge in [-0.3, -0.25) is 9.13 Å². The van der Waals surface area contributed by atoms with Crippen LogP contribution in [0.1, 0.15) is 13.8 Å². The van der Waals surface area contributed by atoms with Crippen molar-refractivity contribution in [2.45, 2.75) is 13.8 Å². The van der Waals surface area contributed by atoms with Gasteiger partial charge in [0.1, 0.15) is 0 Å². The molecule has 0 amide bonds. The van der Waals surface area contributed by atoms with E-state index in [-0.39, 0.29) is 19.5 Å². The van der Waals surface area contributed by atoms with Crippen molar-refractivity contribution in [1.29, 1.82) is 0 Å². The Morgan fingerprint density at radius 2 is 1.00 bits per heavy atom. The summed E-state index contributed by atoms with van der Waals surface area (Å²) in [6.45, 7) is 6.10. The summed E-state index contributed by atoms with van der Waals surface area (Å²) in [6, 6.07) is 0. The molecule has 0 aliphatic rings. The summed E-state index contributed by atoms with van der Waals surface area (Å²) in [7, 11) is -5.29. The van der Waals surface area contributed by atoms with Gasteiger partial charge in [-0.25, -0.2) is 0 Å². The van der Waals surface area contributed by atoms with Crippen LogP contribution in [0.4, 0.5) is 0 Å². The minimum atomic E-state index is -2.65. The van der Waals surface area contributed by atoms with Crippen molar-refractivity contribution in [3.63, 3.8) is 0 Å². The van der Waals surface area contributed by atoms with E-state index in [0.717, 1.165) is 0 Å². The van der Waals surface area contributed by atoms with E-state index in [4.69, 9.17) is 9.79 Å². The number of hydrogen-bond donors (Lipinski definition) is 2. The predicted octanol–water partition coefficient (Wildman–Crippen LogP) is 1.81. The first-order valence-corrected chi connectivity index (χ1v) is 8.29. The minimum absolute atomic E-state index is 0. The zero-order chi connectivity index (χ0) is 10.4. The molecule has 0 saturated carbocycles. The maximum absolute atomic E-state index is 10.1. The fraction of sp³-hybridized carbons (Fsp3) is 1.00. The summed E-state index contributed by atoms with van der Waals surface area (Å²) in [5.41, 5.74) is 0. The summed E-state index contributed by atoms with van der Waals surface area (Å²) >= 11 is 0. The van der Waals surface area contributed by atoms with Crippen molar-refractivity contribution in [2.24, 2.45) is 0 Å². The van der Waals surface area contributed by atoms with Crippen LogP contribution >= 0.6 is 14.7 Å². The van der Waals surface area contributed by atoms with Gasteiger partial charge in [-0.15, -0.1) is 0 Å². The van der Waals surface area contributed by atoms with Gasteiger partial charge in [-0.05, 0) is 0 Å². The molecule has 0 spiro atoms. The topological polar surface area (TPSA) is 74.6 Å². The van der Waals surface area contributed by atoms with Gasteiger partial charge in [0.05, 0.1) is 0 Å². The smallest absolute Gasteiger partial charge is 0.197 e. The second-order valence-corrected chi connectivity index (χ2v) is 8.20. The molecule has 0 aliphatic carbocycles. The maximum Gasteiger partial charge on any atom is 0.197 e. The predicted molar refractivity (Wildman–Crippen MR) is 52.6 cm³/mol. The molecule has 13 heavy (non-hydrogen) atoms. The first kappa shape index (κ1) is 19.6. The summed E-state index contributed by atoms with van der Waals surface area (Å²) in [4.78, 5) is 16.8. The maximum atomic E-state index is 10.1. The third-order valence-corrected chi connectivity index (χ3v) is 3.52. The molecule has 2 unspecified atom stereocenters. The van der Waals surface area contributed by atoms with Gasteiger partial charge < -0.3 is 9.79 Å². The molecule has 0 aromatic heterocycles. The molecule has 0 heterocycles. The van der Waals surface area contributed by atoms with E-state index in [0.29, 0.717) is 12.3 Å². The SMILES string of the molecule is CCP(C)(=O)O.CCP(C)(=O)O.[Zn]. The van der Waals surface area contributed by atoms with Crippen molar-refractivity contribution in [3.8, 4) is 0 Å². The van der Waals surface area contributed by atoms with Crippen LogP contribution in [0.5, 0.6) is 0 Å². The van der Waals surface area contributed by atoms with E-state index < -0.39 is 14.7 Å². The second-order valence-electron chi connectivity index (χ2n) is 2.73. The summed E-state index contributed by atoms with van der Waals surface area (Å²) in [5, 5.41) is 0. The van der Waals surface area contributed by atoms with Gasteiger partial charge in [0.15, 0.2) is 14.7 Å². The van der Waals surface area contributed by atoms with Crippen molar-refractivity contribution >= 4 is 14.7 Å². The van der Waals surface area contributed by atoms with Crippen LogP contribution in [0.2, 0.25) is 0 Å². The Balaban J connectivity index is -0.000000143. The molecule has 2 N–H and O–H groups in total. The number of hydrogen-bond acceptors (Lipinski definition) is 2. The molecule has 0 rings (SSSR count). The van der Waals surface area contributed by atoms with Gasteiger partial charge in [-0.1, -0.05) is 13.8 Å². The van der Waals surface area contributed by atoms with Crippen LogP contribution in [0, 0.1) is 0 Å². The molecule has 0 radical (unpaired) electrons. The Hall–Kier alpha value is 1.00. The first-order chi connectivity index (χ1) is 5.12. The Morgan fingerprint density at radius 1 is 0.923 bits per heavy atom. The van der Waals surface area contributed by atoms with E-state index in [1.54, 1.807) is 13.8 Å². The van der Waals surface area contributed by atoms with Crippen LogP contribution in [0.3, 0.4) is 0 Å². The van der Waals surface area contributed by atoms with Gasteiger partial charge in [0, 0.05) is 45.1 Å². The molecule has 78 valence electrons. The molecule has 0 bridgehead atoms. The van der Waals surface area contributed by atoms with Crippen LogP contribution in [0.15, 0.2) is 0 Å². The molecular weight excluding hydrogens is 263 g/mol. The molecule has 0 aromatic rings. The fourth-order valence-corrected chi connectivity index (χ4v) is 0. The standard InChI is InChI=1S/2C3H9O2P.Zn/c2*1-3-6(2,4)5;/h2*3H2,1-2H3,(H,4,5);. The van der Waals surface area contributed by atoms with Crippen LogP contribution in [0.25, 0.3) is 0 Å². The van der Waals surface area contributed by atoms with Crippen molar-refractivity contribution in [1.82, 2.24) is 0 Å². The third kappa shape index (κ3) is 32.1.